The van der Waals surface area contributed by atoms with Crippen LogP contribution in [0.15, 0.2) is 36.4 Å². The van der Waals surface area contributed by atoms with Crippen molar-refractivity contribution in [3.05, 3.63) is 68.7 Å². The van der Waals surface area contributed by atoms with Crippen molar-refractivity contribution in [3.8, 4) is 11.8 Å². The Labute approximate surface area is 160 Å². The van der Waals surface area contributed by atoms with E-state index in [1.807, 2.05) is 12.1 Å². The molecule has 130 valence electrons. The first-order chi connectivity index (χ1) is 12.1. The summed E-state index contributed by atoms with van der Waals surface area (Å²) in [4.78, 5) is 0. The molecule has 0 saturated heterocycles. The minimum Gasteiger partial charge on any atom is -0.396 e. The lowest BCUT2D eigenvalue weighted by Crippen LogP contribution is -2.14. The van der Waals surface area contributed by atoms with Crippen molar-refractivity contribution in [3.63, 3.8) is 0 Å². The van der Waals surface area contributed by atoms with Gasteiger partial charge in [0, 0.05) is 24.5 Å². The second-order valence-corrected chi connectivity index (χ2v) is 7.49. The summed E-state index contributed by atoms with van der Waals surface area (Å²) in [6.07, 6.45) is 3.73. The van der Waals surface area contributed by atoms with Crippen LogP contribution in [0.1, 0.15) is 66.7 Å². The number of hydrogen-bond acceptors (Lipinski definition) is 1. The number of aliphatic hydroxyl groups excluding tert-OH is 1. The summed E-state index contributed by atoms with van der Waals surface area (Å²) < 4.78 is 0. The van der Waals surface area contributed by atoms with Crippen LogP contribution in [-0.2, 0) is 0 Å². The molecule has 0 spiro atoms. The Kier molecular flexibility index (Phi) is 6.07. The first-order valence-corrected chi connectivity index (χ1v) is 9.54. The largest absolute Gasteiger partial charge is 0.396 e. The molecule has 2 aromatic rings. The van der Waals surface area contributed by atoms with E-state index in [2.05, 4.69) is 43.0 Å². The van der Waals surface area contributed by atoms with Gasteiger partial charge in [-0.2, -0.15) is 0 Å². The Balaban J connectivity index is 1.93. The molecular weight excluding hydrogens is 351 g/mol. The highest BCUT2D eigenvalue weighted by molar-refractivity contribution is 6.42. The van der Waals surface area contributed by atoms with Crippen molar-refractivity contribution >= 4 is 23.2 Å². The monoisotopic (exact) mass is 372 g/mol. The molecular formula is C22H22Cl2O. The summed E-state index contributed by atoms with van der Waals surface area (Å²) in [5.74, 6) is 7.25. The summed E-state index contributed by atoms with van der Waals surface area (Å²) in [6.45, 7) is 2.48. The topological polar surface area (TPSA) is 20.2 Å². The Hall–Kier alpha value is -1.46. The Morgan fingerprint density at radius 1 is 1.04 bits per heavy atom. The highest BCUT2D eigenvalue weighted by Crippen LogP contribution is 2.43. The van der Waals surface area contributed by atoms with Gasteiger partial charge in [-0.1, -0.05) is 54.1 Å². The molecule has 3 rings (SSSR count). The zero-order valence-electron chi connectivity index (χ0n) is 14.4. The van der Waals surface area contributed by atoms with E-state index < -0.39 is 0 Å². The molecule has 0 aromatic heterocycles. The van der Waals surface area contributed by atoms with Gasteiger partial charge in [-0.25, -0.2) is 0 Å². The fourth-order valence-electron chi connectivity index (χ4n) is 3.53. The first kappa shape index (κ1) is 18.3. The quantitative estimate of drug-likeness (QED) is 0.506. The van der Waals surface area contributed by atoms with Gasteiger partial charge in [0.15, 0.2) is 0 Å². The van der Waals surface area contributed by atoms with Gasteiger partial charge in [-0.3, -0.25) is 0 Å². The van der Waals surface area contributed by atoms with Gasteiger partial charge in [0.05, 0.1) is 10.0 Å². The molecule has 0 heterocycles. The highest BCUT2D eigenvalue weighted by Gasteiger charge is 2.26. The van der Waals surface area contributed by atoms with Gasteiger partial charge < -0.3 is 5.11 Å². The molecule has 0 fully saturated rings. The zero-order valence-corrected chi connectivity index (χ0v) is 15.9. The summed E-state index contributed by atoms with van der Waals surface area (Å²) in [5.41, 5.74) is 5.04. The number of fused-ring (bicyclic) bond motifs is 1. The van der Waals surface area contributed by atoms with E-state index in [0.29, 0.717) is 21.9 Å². The molecule has 2 aromatic carbocycles. The molecule has 2 atom stereocenters. The summed E-state index contributed by atoms with van der Waals surface area (Å²) in [6, 6.07) is 12.5. The first-order valence-electron chi connectivity index (χ1n) is 8.78. The van der Waals surface area contributed by atoms with Gasteiger partial charge >= 0.3 is 0 Å². The van der Waals surface area contributed by atoms with Crippen LogP contribution in [0.5, 0.6) is 0 Å². The van der Waals surface area contributed by atoms with Gasteiger partial charge in [-0.05, 0) is 66.1 Å². The number of hydrogen-bond donors (Lipinski definition) is 1. The Morgan fingerprint density at radius 3 is 2.64 bits per heavy atom. The highest BCUT2D eigenvalue weighted by atomic mass is 35.5. The maximum Gasteiger partial charge on any atom is 0.0595 e. The van der Waals surface area contributed by atoms with Crippen LogP contribution < -0.4 is 0 Å². The number of unbranched alkanes of at least 4 members (excludes halogenated alkanes) is 1. The minimum atomic E-state index is 0.196. The molecule has 1 N–H and O–H groups in total. The van der Waals surface area contributed by atoms with Crippen molar-refractivity contribution in [1.82, 2.24) is 0 Å². The van der Waals surface area contributed by atoms with Crippen LogP contribution >= 0.6 is 23.2 Å². The lowest BCUT2D eigenvalue weighted by Gasteiger charge is -2.30. The van der Waals surface area contributed by atoms with Crippen LogP contribution in [0, 0.1) is 11.8 Å². The van der Waals surface area contributed by atoms with E-state index in [0.717, 1.165) is 31.2 Å². The summed E-state index contributed by atoms with van der Waals surface area (Å²) >= 11 is 12.3. The van der Waals surface area contributed by atoms with Crippen molar-refractivity contribution in [2.24, 2.45) is 0 Å². The van der Waals surface area contributed by atoms with E-state index in [9.17, 15) is 0 Å². The molecule has 0 bridgehead atoms. The second-order valence-electron chi connectivity index (χ2n) is 6.68. The van der Waals surface area contributed by atoms with Gasteiger partial charge in [0.2, 0.25) is 0 Å². The van der Waals surface area contributed by atoms with E-state index >= 15 is 0 Å². The Morgan fingerprint density at radius 2 is 1.88 bits per heavy atom. The van der Waals surface area contributed by atoms with Crippen LogP contribution in [-0.4, -0.2) is 11.7 Å². The molecule has 0 aliphatic heterocycles. The van der Waals surface area contributed by atoms with Crippen LogP contribution in [0.4, 0.5) is 0 Å². The van der Waals surface area contributed by atoms with Crippen molar-refractivity contribution in [2.45, 2.75) is 44.4 Å². The third-order valence-corrected chi connectivity index (χ3v) is 5.66. The zero-order chi connectivity index (χ0) is 17.8. The molecule has 1 aliphatic rings. The average Bonchev–Trinajstić information content (AvgIpc) is 2.62. The van der Waals surface area contributed by atoms with Gasteiger partial charge in [0.1, 0.15) is 0 Å². The maximum absolute atomic E-state index is 8.84. The van der Waals surface area contributed by atoms with E-state index in [4.69, 9.17) is 28.3 Å². The van der Waals surface area contributed by atoms with Gasteiger partial charge in [-0.15, -0.1) is 0 Å². The van der Waals surface area contributed by atoms with Crippen molar-refractivity contribution in [1.29, 1.82) is 0 Å². The number of aliphatic hydroxyl groups is 1. The SMILES string of the molecule is C[C@H]1CC[C@@H](c2ccc(Cl)c(Cl)c2)c2ccc(C#CCCCO)cc21. The third kappa shape index (κ3) is 4.21. The van der Waals surface area contributed by atoms with Crippen LogP contribution in [0.25, 0.3) is 0 Å². The van der Waals surface area contributed by atoms with Crippen LogP contribution in [0.2, 0.25) is 10.0 Å². The minimum absolute atomic E-state index is 0.196. The fourth-order valence-corrected chi connectivity index (χ4v) is 3.84. The number of halogens is 2. The Bertz CT molecular complexity index is 817. The predicted octanol–water partition coefficient (Wildman–Crippen LogP) is 6.15. The maximum atomic E-state index is 8.84. The smallest absolute Gasteiger partial charge is 0.0595 e. The standard InChI is InChI=1S/C22H22Cl2O/c1-15-6-9-18(17-8-11-21(23)22(24)14-17)19-10-7-16(13-20(15)19)5-3-2-4-12-25/h7-8,10-11,13-15,18,25H,2,4,6,9,12H2,1H3/t15-,18-/m0/s1. The molecule has 0 radical (unpaired) electrons. The van der Waals surface area contributed by atoms with Crippen molar-refractivity contribution in [2.75, 3.05) is 6.61 Å². The number of rotatable bonds is 3. The third-order valence-electron chi connectivity index (χ3n) is 4.92. The lowest BCUT2D eigenvalue weighted by atomic mass is 9.74. The van der Waals surface area contributed by atoms with E-state index in [1.165, 1.54) is 16.7 Å². The molecule has 0 amide bonds. The molecule has 1 nitrogen and oxygen atoms in total. The molecule has 0 unspecified atom stereocenters. The average molecular weight is 373 g/mol. The van der Waals surface area contributed by atoms with Crippen LogP contribution in [0.3, 0.4) is 0 Å². The molecule has 1 aliphatic carbocycles. The molecule has 0 saturated carbocycles. The lowest BCUT2D eigenvalue weighted by molar-refractivity contribution is 0.290. The fraction of sp³-hybridized carbons (Fsp3) is 0.364. The molecule has 25 heavy (non-hydrogen) atoms. The number of benzene rings is 2. The van der Waals surface area contributed by atoms with E-state index in [1.54, 1.807) is 0 Å². The summed E-state index contributed by atoms with van der Waals surface area (Å²) in [5, 5.41) is 10.1. The second kappa shape index (κ2) is 8.28. The van der Waals surface area contributed by atoms with Gasteiger partial charge in [0.25, 0.3) is 0 Å². The molecule has 3 heteroatoms. The predicted molar refractivity (Wildman–Crippen MR) is 106 cm³/mol. The normalized spacial score (nSPS) is 19.0. The van der Waals surface area contributed by atoms with Crippen molar-refractivity contribution < 1.29 is 5.11 Å². The van der Waals surface area contributed by atoms with E-state index in [-0.39, 0.29) is 6.61 Å². The summed E-state index contributed by atoms with van der Waals surface area (Å²) in [7, 11) is 0.